The Bertz CT molecular complexity index is 1640. The zero-order valence-electron chi connectivity index (χ0n) is 36.9. The predicted octanol–water partition coefficient (Wildman–Crippen LogP) is -5.71. The molecule has 0 aromatic heterocycles. The summed E-state index contributed by atoms with van der Waals surface area (Å²) in [5.41, 5.74) is 0. The van der Waals surface area contributed by atoms with Gasteiger partial charge in [0.05, 0.1) is 59.1 Å². The molecule has 28 heteroatoms. The van der Waals surface area contributed by atoms with Crippen molar-refractivity contribution in [1.82, 2.24) is 37.2 Å². The summed E-state index contributed by atoms with van der Waals surface area (Å²) in [4.78, 5) is 126. The Balaban J connectivity index is 3.00. The van der Waals surface area contributed by atoms with Crippen molar-refractivity contribution in [3.05, 3.63) is 0 Å². The predicted molar refractivity (Wildman–Crippen MR) is 219 cm³/mol. The van der Waals surface area contributed by atoms with Crippen LogP contribution in [0.15, 0.2) is 0 Å². The minimum absolute atomic E-state index is 0.0313. The number of carboxylic acids is 3. The first-order valence-corrected chi connectivity index (χ1v) is 20.7. The lowest BCUT2D eigenvalue weighted by atomic mass is 10.0. The quantitative estimate of drug-likeness (QED) is 0.0267. The second-order valence-electron chi connectivity index (χ2n) is 14.8. The summed E-state index contributed by atoms with van der Waals surface area (Å²) in [6, 6.07) is -8.54. The van der Waals surface area contributed by atoms with Crippen molar-refractivity contribution < 1.29 is 102 Å². The topological polar surface area (TPSA) is 402 Å². The van der Waals surface area contributed by atoms with Gasteiger partial charge in [-0.2, -0.15) is 0 Å². The third-order valence-corrected chi connectivity index (χ3v) is 9.20. The van der Waals surface area contributed by atoms with Crippen LogP contribution in [0.1, 0.15) is 46.5 Å². The number of nitrogens with one attached hydrogen (secondary N) is 7. The molecule has 0 aromatic rings. The van der Waals surface area contributed by atoms with Gasteiger partial charge in [0.15, 0.2) is 12.2 Å². The fraction of sp³-hybridized carbons (Fsp3) is 0.737. The number of carboxylic acid groups (broad SMARTS) is 3. The van der Waals surface area contributed by atoms with Crippen LogP contribution in [0.25, 0.3) is 0 Å². The third-order valence-electron chi connectivity index (χ3n) is 9.20. The highest BCUT2D eigenvalue weighted by Gasteiger charge is 2.50. The van der Waals surface area contributed by atoms with Crippen LogP contribution >= 0.6 is 0 Å². The molecule has 1 saturated heterocycles. The molecule has 0 aliphatic carbocycles. The zero-order chi connectivity index (χ0) is 49.9. The number of aliphatic carboxylic acids is 3. The lowest BCUT2D eigenvalue weighted by Crippen LogP contribution is -2.60. The van der Waals surface area contributed by atoms with Crippen molar-refractivity contribution in [3.8, 4) is 0 Å². The van der Waals surface area contributed by atoms with E-state index in [2.05, 4.69) is 26.6 Å². The van der Waals surface area contributed by atoms with Crippen LogP contribution in [0.2, 0.25) is 0 Å². The third kappa shape index (κ3) is 22.0. The van der Waals surface area contributed by atoms with Gasteiger partial charge in [0.2, 0.25) is 29.5 Å². The van der Waals surface area contributed by atoms with Crippen LogP contribution in [0.3, 0.4) is 0 Å². The number of hydrogen-bond donors (Lipinski definition) is 12. The second kappa shape index (κ2) is 31.3. The van der Waals surface area contributed by atoms with Gasteiger partial charge in [-0.3, -0.25) is 47.9 Å². The number of ether oxygens (including phenoxy) is 5. The van der Waals surface area contributed by atoms with Gasteiger partial charge in [0.1, 0.15) is 49.1 Å². The van der Waals surface area contributed by atoms with Crippen LogP contribution in [-0.4, -0.2) is 213 Å². The lowest BCUT2D eigenvalue weighted by molar-refractivity contribution is -0.145. The van der Waals surface area contributed by atoms with Crippen molar-refractivity contribution in [3.63, 3.8) is 0 Å². The number of amides is 7. The maximum absolute atomic E-state index is 13.6. The molecule has 1 aliphatic rings. The molecule has 0 radical (unpaired) electrons. The molecular weight excluding hydrogens is 893 g/mol. The summed E-state index contributed by atoms with van der Waals surface area (Å²) < 4.78 is 38.5. The van der Waals surface area contributed by atoms with Gasteiger partial charge in [-0.15, -0.1) is 0 Å². The molecule has 1 aliphatic heterocycles. The van der Waals surface area contributed by atoms with E-state index in [-0.39, 0.29) is 26.4 Å². The molecule has 1 fully saturated rings. The average molecular weight is 956 g/mol. The van der Waals surface area contributed by atoms with E-state index in [1.54, 1.807) is 7.11 Å². The van der Waals surface area contributed by atoms with Crippen LogP contribution in [-0.2, 0) is 71.6 Å². The van der Waals surface area contributed by atoms with Crippen molar-refractivity contribution in [2.45, 2.75) is 101 Å². The Morgan fingerprint density at radius 2 is 1.05 bits per heavy atom. The minimum atomic E-state index is -2.09. The zero-order valence-corrected chi connectivity index (χ0v) is 36.9. The Morgan fingerprint density at radius 1 is 0.561 bits per heavy atom. The first kappa shape index (κ1) is 58.4. The molecule has 66 heavy (non-hydrogen) atoms. The van der Waals surface area contributed by atoms with E-state index in [0.717, 1.165) is 0 Å². The molecule has 0 spiro atoms. The molecule has 376 valence electrons. The van der Waals surface area contributed by atoms with Crippen LogP contribution in [0.4, 0.5) is 4.39 Å². The summed E-state index contributed by atoms with van der Waals surface area (Å²) >= 11 is 0. The van der Waals surface area contributed by atoms with E-state index >= 15 is 0 Å². The maximum atomic E-state index is 13.6. The number of hydrogen-bond acceptors (Lipinski definition) is 17. The minimum Gasteiger partial charge on any atom is -0.481 e. The largest absolute Gasteiger partial charge is 0.481 e. The summed E-state index contributed by atoms with van der Waals surface area (Å²) in [6.45, 7) is 4.84. The van der Waals surface area contributed by atoms with Crippen LogP contribution in [0.5, 0.6) is 0 Å². The number of rotatable bonds is 34. The molecule has 0 aromatic carbocycles. The number of carbonyl (C=O) groups is 10. The molecule has 7 amide bonds. The molecule has 1 rings (SSSR count). The van der Waals surface area contributed by atoms with E-state index in [1.807, 2.05) is 10.6 Å². The number of carbonyl (C=O) groups excluding carboxylic acids is 7. The maximum Gasteiger partial charge on any atom is 0.305 e. The van der Waals surface area contributed by atoms with E-state index < -0.39 is 159 Å². The van der Waals surface area contributed by atoms with E-state index in [9.17, 15) is 77.9 Å². The number of alkyl halides is 1. The van der Waals surface area contributed by atoms with Gasteiger partial charge < -0.3 is 86.4 Å². The van der Waals surface area contributed by atoms with E-state index in [4.69, 9.17) is 23.7 Å². The Kier molecular flexibility index (Phi) is 27.7. The van der Waals surface area contributed by atoms with Crippen molar-refractivity contribution >= 4 is 59.3 Å². The van der Waals surface area contributed by atoms with Gasteiger partial charge in [0.25, 0.3) is 11.8 Å². The number of aliphatic hydroxyl groups is 2. The smallest absolute Gasteiger partial charge is 0.305 e. The normalized spacial score (nSPS) is 19.0. The Morgan fingerprint density at radius 3 is 1.56 bits per heavy atom. The van der Waals surface area contributed by atoms with Gasteiger partial charge in [0, 0.05) is 26.6 Å². The van der Waals surface area contributed by atoms with E-state index in [1.165, 1.54) is 20.8 Å². The number of methoxy groups -OCH3 is 1. The summed E-state index contributed by atoms with van der Waals surface area (Å²) in [5, 5.41) is 64.3. The number of aliphatic hydroxyl groups excluding tert-OH is 2. The standard InChI is InChI=1S/C38H62FN7O20/c1-19(2)27(36(59)44-22(17-25(49)50)34(57)42-20(3)32(55)41-9-10-63-13-14-65-16-15-64-12-11-62-4)46-33(56)21(5-6-24(47)48)43-35(58)23(18-26(51)52)45-38(61)31-29(54)28(53)30(66-31)37(60)40-8-7-39/h19-23,27-31,53-54H,5-18H2,1-4H3,(H,40,60)(H,41,55)(H,42,57)(H,43,58)(H,44,59)(H,45,61)(H,46,56)(H,47,48)(H,49,50)(H,51,52)/t20-,21+,22+,23+,27+,28?,29?,30?,31?/m1/s1. The Hall–Kier alpha value is -5.65. The fourth-order valence-electron chi connectivity index (χ4n) is 5.73. The lowest BCUT2D eigenvalue weighted by Gasteiger charge is -2.28. The van der Waals surface area contributed by atoms with Crippen LogP contribution < -0.4 is 37.2 Å². The summed E-state index contributed by atoms with van der Waals surface area (Å²) in [6.07, 6.45) is -11.6. The highest BCUT2D eigenvalue weighted by molar-refractivity contribution is 5.98. The molecule has 0 saturated carbocycles. The first-order valence-electron chi connectivity index (χ1n) is 20.7. The fourth-order valence-corrected chi connectivity index (χ4v) is 5.73. The molecule has 4 unspecified atom stereocenters. The monoisotopic (exact) mass is 955 g/mol. The van der Waals surface area contributed by atoms with Crippen molar-refractivity contribution in [1.29, 1.82) is 0 Å². The SMILES string of the molecule is COCCOCCOCCOCCNC(=O)[C@@H](C)NC(=O)[C@H](CC(=O)O)NC(=O)[C@@H](NC(=O)[C@H](CCC(=O)O)NC(=O)[C@H](CC(=O)O)NC(=O)C1OC(C(=O)NCCF)C(O)C1O)C(C)C. The molecule has 0 bridgehead atoms. The highest BCUT2D eigenvalue weighted by Crippen LogP contribution is 2.22. The van der Waals surface area contributed by atoms with Gasteiger partial charge >= 0.3 is 17.9 Å². The molecule has 9 atom stereocenters. The highest BCUT2D eigenvalue weighted by atomic mass is 19.1. The summed E-state index contributed by atoms with van der Waals surface area (Å²) in [5.74, 6) is -13.5. The van der Waals surface area contributed by atoms with Crippen molar-refractivity contribution in [2.24, 2.45) is 5.92 Å². The van der Waals surface area contributed by atoms with Crippen molar-refractivity contribution in [2.75, 3.05) is 73.1 Å². The van der Waals surface area contributed by atoms with Gasteiger partial charge in [-0.1, -0.05) is 13.8 Å². The van der Waals surface area contributed by atoms with Gasteiger partial charge in [-0.05, 0) is 19.3 Å². The number of halogens is 1. The molecular formula is C38H62FN7O20. The molecule has 27 nitrogen and oxygen atoms in total. The Labute approximate surface area is 377 Å². The van der Waals surface area contributed by atoms with E-state index in [0.29, 0.717) is 26.4 Å². The second-order valence-corrected chi connectivity index (χ2v) is 14.8. The molecule has 1 heterocycles. The summed E-state index contributed by atoms with van der Waals surface area (Å²) in [7, 11) is 1.55. The molecule has 12 N–H and O–H groups in total. The van der Waals surface area contributed by atoms with Crippen LogP contribution in [0, 0.1) is 5.92 Å². The van der Waals surface area contributed by atoms with Gasteiger partial charge in [-0.25, -0.2) is 4.39 Å². The average Bonchev–Trinajstić information content (AvgIpc) is 3.55. The first-order chi connectivity index (χ1) is 31.1.